The van der Waals surface area contributed by atoms with E-state index in [2.05, 4.69) is 15.4 Å². The average molecular weight is 453 g/mol. The van der Waals surface area contributed by atoms with Crippen molar-refractivity contribution in [2.45, 2.75) is 6.42 Å². The molecule has 2 heterocycles. The van der Waals surface area contributed by atoms with Crippen LogP contribution in [0.15, 0.2) is 48.0 Å². The molecule has 0 radical (unpaired) electrons. The van der Waals surface area contributed by atoms with Gasteiger partial charge in [0.05, 0.1) is 25.6 Å². The summed E-state index contributed by atoms with van der Waals surface area (Å²) in [5.41, 5.74) is 4.84. The highest BCUT2D eigenvalue weighted by molar-refractivity contribution is 7.13. The zero-order valence-corrected chi connectivity index (χ0v) is 18.3. The molecule has 0 atom stereocenters. The highest BCUT2D eigenvalue weighted by atomic mass is 35.5. The topological polar surface area (TPSA) is 78.3 Å². The van der Waals surface area contributed by atoms with Crippen LogP contribution in [0.3, 0.4) is 0 Å². The number of fused-ring (bicyclic) bond motifs is 3. The van der Waals surface area contributed by atoms with Crippen LogP contribution in [0.5, 0.6) is 11.5 Å². The number of aromatic nitrogens is 3. The Bertz CT molecular complexity index is 1280. The summed E-state index contributed by atoms with van der Waals surface area (Å²) in [5, 5.41) is 10.5. The van der Waals surface area contributed by atoms with Gasteiger partial charge in [0.1, 0.15) is 0 Å². The third-order valence-corrected chi connectivity index (χ3v) is 6.09. The summed E-state index contributed by atoms with van der Waals surface area (Å²) in [6, 6.07) is 11.2. The van der Waals surface area contributed by atoms with Crippen molar-refractivity contribution in [3.63, 3.8) is 0 Å². The molecular weight excluding hydrogens is 436 g/mol. The largest absolute Gasteiger partial charge is 0.493 e. The third-order valence-electron chi connectivity index (χ3n) is 5.15. The van der Waals surface area contributed by atoms with Gasteiger partial charge in [-0.1, -0.05) is 11.6 Å². The number of halogens is 1. The summed E-state index contributed by atoms with van der Waals surface area (Å²) in [6.07, 6.45) is 2.20. The van der Waals surface area contributed by atoms with Gasteiger partial charge in [0, 0.05) is 34.1 Å². The number of carbonyl (C=O) groups excluding carboxylic acids is 1. The highest BCUT2D eigenvalue weighted by Crippen LogP contribution is 2.45. The molecule has 2 aromatic heterocycles. The molecule has 4 aromatic rings. The molecule has 7 nitrogen and oxygen atoms in total. The Morgan fingerprint density at radius 2 is 1.90 bits per heavy atom. The second-order valence-electron chi connectivity index (χ2n) is 6.90. The van der Waals surface area contributed by atoms with Gasteiger partial charge in [-0.25, -0.2) is 9.67 Å². The van der Waals surface area contributed by atoms with Crippen LogP contribution in [0.25, 0.3) is 16.9 Å². The minimum Gasteiger partial charge on any atom is -0.493 e. The molecular formula is C22H17ClN4O3S. The first kappa shape index (κ1) is 19.6. The maximum atomic E-state index is 13.1. The van der Waals surface area contributed by atoms with Crippen LogP contribution in [0.2, 0.25) is 5.02 Å². The first-order valence-electron chi connectivity index (χ1n) is 9.43. The summed E-state index contributed by atoms with van der Waals surface area (Å²) in [4.78, 5) is 17.2. The maximum absolute atomic E-state index is 13.1. The fourth-order valence-corrected chi connectivity index (χ4v) is 4.42. The molecule has 0 aliphatic heterocycles. The summed E-state index contributed by atoms with van der Waals surface area (Å²) >= 11 is 7.43. The molecule has 156 valence electrons. The molecule has 0 spiro atoms. The summed E-state index contributed by atoms with van der Waals surface area (Å²) in [7, 11) is 3.21. The van der Waals surface area contributed by atoms with Crippen molar-refractivity contribution >= 4 is 34.0 Å². The number of anilines is 1. The molecule has 0 unspecified atom stereocenters. The number of thiazole rings is 1. The van der Waals surface area contributed by atoms with E-state index in [9.17, 15) is 4.79 Å². The number of methoxy groups -OCH3 is 2. The van der Waals surface area contributed by atoms with Crippen LogP contribution in [-0.2, 0) is 6.42 Å². The van der Waals surface area contributed by atoms with E-state index in [-0.39, 0.29) is 5.91 Å². The highest BCUT2D eigenvalue weighted by Gasteiger charge is 2.32. The van der Waals surface area contributed by atoms with E-state index in [4.69, 9.17) is 21.1 Å². The average Bonchev–Trinajstić information content (AvgIpc) is 3.49. The molecule has 1 amide bonds. The van der Waals surface area contributed by atoms with Crippen LogP contribution in [0.1, 0.15) is 21.6 Å². The first-order valence-corrected chi connectivity index (χ1v) is 10.7. The van der Waals surface area contributed by atoms with E-state index in [0.29, 0.717) is 33.8 Å². The molecule has 1 aliphatic carbocycles. The van der Waals surface area contributed by atoms with Gasteiger partial charge in [0.15, 0.2) is 22.3 Å². The number of nitrogens with one attached hydrogen (secondary N) is 1. The van der Waals surface area contributed by atoms with Crippen LogP contribution < -0.4 is 14.8 Å². The summed E-state index contributed by atoms with van der Waals surface area (Å²) in [6.45, 7) is 0. The second kappa shape index (κ2) is 7.72. The molecule has 1 aliphatic rings. The molecule has 0 saturated carbocycles. The zero-order valence-electron chi connectivity index (χ0n) is 16.7. The van der Waals surface area contributed by atoms with Gasteiger partial charge in [-0.15, -0.1) is 11.3 Å². The fourth-order valence-electron chi connectivity index (χ4n) is 3.77. The van der Waals surface area contributed by atoms with E-state index >= 15 is 0 Å². The predicted octanol–water partition coefficient (Wildman–Crippen LogP) is 4.82. The lowest BCUT2D eigenvalue weighted by Gasteiger charge is -2.12. The predicted molar refractivity (Wildman–Crippen MR) is 120 cm³/mol. The van der Waals surface area contributed by atoms with Crippen molar-refractivity contribution in [1.82, 2.24) is 14.8 Å². The second-order valence-corrected chi connectivity index (χ2v) is 8.23. The molecule has 5 rings (SSSR count). The smallest absolute Gasteiger partial charge is 0.278 e. The van der Waals surface area contributed by atoms with Crippen LogP contribution in [-0.4, -0.2) is 34.9 Å². The van der Waals surface area contributed by atoms with E-state index in [1.165, 1.54) is 11.3 Å². The summed E-state index contributed by atoms with van der Waals surface area (Å²) in [5.74, 6) is 0.962. The lowest BCUT2D eigenvalue weighted by atomic mass is 10.1. The van der Waals surface area contributed by atoms with Crippen molar-refractivity contribution in [3.05, 3.63) is 69.8 Å². The molecule has 0 fully saturated rings. The van der Waals surface area contributed by atoms with Crippen molar-refractivity contribution in [2.75, 3.05) is 19.5 Å². The Morgan fingerprint density at radius 1 is 1.16 bits per heavy atom. The molecule has 31 heavy (non-hydrogen) atoms. The van der Waals surface area contributed by atoms with Gasteiger partial charge in [-0.2, -0.15) is 5.10 Å². The van der Waals surface area contributed by atoms with Gasteiger partial charge >= 0.3 is 0 Å². The van der Waals surface area contributed by atoms with E-state index in [1.807, 2.05) is 24.3 Å². The Kier molecular flexibility index (Phi) is 4.88. The number of nitrogens with zero attached hydrogens (tertiary/aromatic N) is 3. The van der Waals surface area contributed by atoms with Gasteiger partial charge in [-0.05, 0) is 42.0 Å². The lowest BCUT2D eigenvalue weighted by Crippen LogP contribution is -2.14. The van der Waals surface area contributed by atoms with E-state index in [1.54, 1.807) is 42.6 Å². The van der Waals surface area contributed by atoms with E-state index in [0.717, 1.165) is 28.1 Å². The van der Waals surface area contributed by atoms with Crippen molar-refractivity contribution in [2.24, 2.45) is 0 Å². The molecule has 2 aromatic carbocycles. The fraction of sp³-hybridized carbons (Fsp3) is 0.136. The number of hydrogen-bond acceptors (Lipinski definition) is 6. The Labute approximate surface area is 187 Å². The van der Waals surface area contributed by atoms with Gasteiger partial charge in [-0.3, -0.25) is 10.1 Å². The van der Waals surface area contributed by atoms with Gasteiger partial charge in [0.2, 0.25) is 0 Å². The van der Waals surface area contributed by atoms with E-state index < -0.39 is 0 Å². The Morgan fingerprint density at radius 3 is 2.58 bits per heavy atom. The number of amides is 1. The number of ether oxygens (including phenoxy) is 2. The Hall–Kier alpha value is -3.36. The first-order chi connectivity index (χ1) is 15.1. The van der Waals surface area contributed by atoms with Gasteiger partial charge < -0.3 is 9.47 Å². The molecule has 1 N–H and O–H groups in total. The molecule has 0 saturated heterocycles. The quantitative estimate of drug-likeness (QED) is 0.413. The molecule has 0 bridgehead atoms. The number of hydrogen-bond donors (Lipinski definition) is 1. The zero-order chi connectivity index (χ0) is 21.5. The van der Waals surface area contributed by atoms with Gasteiger partial charge in [0.25, 0.3) is 5.91 Å². The van der Waals surface area contributed by atoms with Crippen molar-refractivity contribution in [3.8, 4) is 28.4 Å². The molecule has 9 heteroatoms. The van der Waals surface area contributed by atoms with Crippen LogP contribution in [0.4, 0.5) is 5.13 Å². The standard InChI is InChI=1S/C22H17ClN4O3S/c1-29-17-10-12-9-16-19(21(28)25-22-24-7-8-31-22)26-27(14-5-3-13(23)4-6-14)20(16)15(12)11-18(17)30-2/h3-8,10-11H,9H2,1-2H3,(H,24,25,28). The number of rotatable bonds is 5. The van der Waals surface area contributed by atoms with Crippen molar-refractivity contribution < 1.29 is 14.3 Å². The third kappa shape index (κ3) is 3.34. The Balaban J connectivity index is 1.68. The van der Waals surface area contributed by atoms with Crippen LogP contribution in [0, 0.1) is 0 Å². The maximum Gasteiger partial charge on any atom is 0.278 e. The minimum atomic E-state index is -0.300. The SMILES string of the molecule is COc1cc2c(cc1OC)-c1c(c(C(=O)Nc3nccs3)nn1-c1ccc(Cl)cc1)C2. The minimum absolute atomic E-state index is 0.300. The van der Waals surface area contributed by atoms with Crippen molar-refractivity contribution in [1.29, 1.82) is 0 Å². The monoisotopic (exact) mass is 452 g/mol. The van der Waals surface area contributed by atoms with Crippen LogP contribution >= 0.6 is 22.9 Å². The summed E-state index contributed by atoms with van der Waals surface area (Å²) < 4.78 is 12.7. The lowest BCUT2D eigenvalue weighted by molar-refractivity contribution is 0.102. The normalized spacial score (nSPS) is 11.7. The number of carbonyl (C=O) groups is 1. The number of benzene rings is 2.